The summed E-state index contributed by atoms with van der Waals surface area (Å²) in [4.78, 5) is 28.0. The molecule has 0 radical (unpaired) electrons. The number of hydrogen-bond acceptors (Lipinski definition) is 6. The molecule has 1 saturated heterocycles. The normalized spacial score (nSPS) is 16.4. The molecule has 0 unspecified atom stereocenters. The highest BCUT2D eigenvalue weighted by molar-refractivity contribution is 5.84. The van der Waals surface area contributed by atoms with Crippen LogP contribution in [-0.2, 0) is 17.6 Å². The van der Waals surface area contributed by atoms with Gasteiger partial charge in [0.05, 0.1) is 11.3 Å². The predicted molar refractivity (Wildman–Crippen MR) is 175 cm³/mol. The molecule has 3 aromatic heterocycles. The van der Waals surface area contributed by atoms with E-state index in [4.69, 9.17) is 15.7 Å². The molecule has 8 rings (SSSR count). The Hall–Kier alpha value is -4.56. The highest BCUT2D eigenvalue weighted by atomic mass is 16.2. The van der Waals surface area contributed by atoms with E-state index in [9.17, 15) is 4.79 Å². The van der Waals surface area contributed by atoms with E-state index >= 15 is 0 Å². The lowest BCUT2D eigenvalue weighted by Gasteiger charge is -2.31. The first kappa shape index (κ1) is 28.2. The van der Waals surface area contributed by atoms with Crippen LogP contribution >= 0.6 is 0 Å². The third-order valence-electron chi connectivity index (χ3n) is 9.14. The first-order valence-corrected chi connectivity index (χ1v) is 15.8. The minimum absolute atomic E-state index is 0.395. The molecule has 3 aliphatic rings. The van der Waals surface area contributed by atoms with Crippen LogP contribution in [0.3, 0.4) is 0 Å². The number of benzene rings is 2. The molecule has 224 valence electrons. The van der Waals surface area contributed by atoms with E-state index in [1.165, 1.54) is 17.5 Å². The van der Waals surface area contributed by atoms with E-state index in [1.54, 1.807) is 6.20 Å². The van der Waals surface area contributed by atoms with Crippen LogP contribution in [0, 0.1) is 5.92 Å². The molecule has 1 saturated carbocycles. The summed E-state index contributed by atoms with van der Waals surface area (Å²) in [5.74, 6) is 2.03. The lowest BCUT2D eigenvalue weighted by molar-refractivity contribution is -0.133. The van der Waals surface area contributed by atoms with E-state index < -0.39 is 0 Å². The fourth-order valence-corrected chi connectivity index (χ4v) is 6.43. The third-order valence-corrected chi connectivity index (χ3v) is 9.14. The maximum Gasteiger partial charge on any atom is 0.225 e. The number of piperidine rings is 1. The molecule has 5 aromatic rings. The zero-order valence-electron chi connectivity index (χ0n) is 25.2. The Kier molecular flexibility index (Phi) is 7.83. The standard InChI is InChI=1S/C26H21N5.C10H18N2O/c27-24-21(10-5-15-28-24)25-30-23-14-13-22(18-6-2-1-3-7-18)29-26(23)31(25)20-12-11-17-8-4-9-19(17)16-20;1-11-9-4-6-12(7-5-9)10(13)8-2-3-8/h1-3,5-7,10-16H,4,8-9H2,(H2,27,28);8-9,11H,2-7H2,1H3. The summed E-state index contributed by atoms with van der Waals surface area (Å²) in [5, 5.41) is 3.27. The first-order chi connectivity index (χ1) is 21.6. The van der Waals surface area contributed by atoms with Crippen molar-refractivity contribution in [3.8, 4) is 28.3 Å². The summed E-state index contributed by atoms with van der Waals surface area (Å²) in [6, 6.07) is 25.4. The first-order valence-electron chi connectivity index (χ1n) is 15.8. The Bertz CT molecular complexity index is 1790. The topological polar surface area (TPSA) is 102 Å². The van der Waals surface area contributed by atoms with Crippen molar-refractivity contribution in [1.29, 1.82) is 0 Å². The predicted octanol–water partition coefficient (Wildman–Crippen LogP) is 5.83. The molecule has 2 aromatic carbocycles. The average molecular weight is 586 g/mol. The number of amides is 1. The number of imidazole rings is 1. The zero-order valence-corrected chi connectivity index (χ0v) is 25.2. The molecule has 3 N–H and O–H groups in total. The fourth-order valence-electron chi connectivity index (χ4n) is 6.43. The van der Waals surface area contributed by atoms with Crippen LogP contribution in [0.4, 0.5) is 5.82 Å². The SMILES string of the molecule is CNC1CCN(C(=O)C2CC2)CC1.Nc1ncccc1-c1nc2ccc(-c3ccccc3)nc2n1-c1ccc2c(c1)CCC2. The van der Waals surface area contributed by atoms with E-state index in [1.807, 2.05) is 54.4 Å². The molecule has 0 bridgehead atoms. The molecule has 8 nitrogen and oxygen atoms in total. The van der Waals surface area contributed by atoms with Crippen molar-refractivity contribution in [3.63, 3.8) is 0 Å². The molecule has 4 heterocycles. The number of anilines is 1. The number of likely N-dealkylation sites (tertiary alicyclic amines) is 1. The number of nitrogen functional groups attached to an aromatic ring is 1. The lowest BCUT2D eigenvalue weighted by atomic mass is 10.1. The van der Waals surface area contributed by atoms with Crippen molar-refractivity contribution >= 4 is 22.9 Å². The maximum atomic E-state index is 11.7. The Morgan fingerprint density at radius 1 is 0.886 bits per heavy atom. The van der Waals surface area contributed by atoms with Gasteiger partial charge in [-0.3, -0.25) is 9.36 Å². The largest absolute Gasteiger partial charge is 0.383 e. The van der Waals surface area contributed by atoms with Gasteiger partial charge in [-0.2, -0.15) is 0 Å². The second-order valence-electron chi connectivity index (χ2n) is 12.1. The number of carbonyl (C=O) groups excluding carboxylic acids is 1. The van der Waals surface area contributed by atoms with Gasteiger partial charge in [0.15, 0.2) is 11.5 Å². The summed E-state index contributed by atoms with van der Waals surface area (Å²) in [7, 11) is 2.00. The number of aryl methyl sites for hydroxylation is 2. The van der Waals surface area contributed by atoms with Gasteiger partial charge in [0.1, 0.15) is 11.3 Å². The number of aromatic nitrogens is 4. The van der Waals surface area contributed by atoms with Crippen LogP contribution in [-0.4, -0.2) is 56.5 Å². The number of nitrogens with zero attached hydrogens (tertiary/aromatic N) is 5. The van der Waals surface area contributed by atoms with Gasteiger partial charge >= 0.3 is 0 Å². The Balaban J connectivity index is 0.000000201. The van der Waals surface area contributed by atoms with E-state index in [0.29, 0.717) is 23.7 Å². The number of fused-ring (bicyclic) bond motifs is 2. The van der Waals surface area contributed by atoms with Crippen LogP contribution in [0.1, 0.15) is 43.2 Å². The lowest BCUT2D eigenvalue weighted by Crippen LogP contribution is -2.44. The van der Waals surface area contributed by atoms with Gasteiger partial charge < -0.3 is 16.0 Å². The Morgan fingerprint density at radius 2 is 1.68 bits per heavy atom. The summed E-state index contributed by atoms with van der Waals surface area (Å²) in [6.07, 6.45) is 9.68. The fraction of sp³-hybridized carbons (Fsp3) is 0.333. The van der Waals surface area contributed by atoms with Crippen molar-refractivity contribution < 1.29 is 4.79 Å². The second kappa shape index (κ2) is 12.2. The van der Waals surface area contributed by atoms with Crippen molar-refractivity contribution in [2.45, 2.75) is 51.0 Å². The van der Waals surface area contributed by atoms with E-state index in [0.717, 1.165) is 91.1 Å². The highest BCUT2D eigenvalue weighted by Crippen LogP contribution is 2.34. The Labute approximate surface area is 258 Å². The van der Waals surface area contributed by atoms with Crippen LogP contribution in [0.5, 0.6) is 0 Å². The van der Waals surface area contributed by atoms with Gasteiger partial charge in [0, 0.05) is 42.5 Å². The second-order valence-corrected chi connectivity index (χ2v) is 12.1. The van der Waals surface area contributed by atoms with Crippen molar-refractivity contribution in [3.05, 3.63) is 90.1 Å². The molecule has 8 heteroatoms. The number of hydrogen-bond donors (Lipinski definition) is 2. The number of carbonyl (C=O) groups is 1. The van der Waals surface area contributed by atoms with E-state index in [-0.39, 0.29) is 0 Å². The number of nitrogens with one attached hydrogen (secondary N) is 1. The molecule has 2 aliphatic carbocycles. The van der Waals surface area contributed by atoms with Crippen LogP contribution in [0.25, 0.3) is 39.5 Å². The minimum Gasteiger partial charge on any atom is -0.383 e. The molecule has 1 aliphatic heterocycles. The number of pyridine rings is 2. The van der Waals surface area contributed by atoms with Crippen molar-refractivity contribution in [2.75, 3.05) is 25.9 Å². The molecule has 44 heavy (non-hydrogen) atoms. The monoisotopic (exact) mass is 585 g/mol. The zero-order chi connectivity index (χ0) is 30.0. The summed E-state index contributed by atoms with van der Waals surface area (Å²) >= 11 is 0. The maximum absolute atomic E-state index is 11.7. The highest BCUT2D eigenvalue weighted by Gasteiger charge is 2.34. The average Bonchev–Trinajstić information content (AvgIpc) is 3.70. The van der Waals surface area contributed by atoms with Gasteiger partial charge in [0.25, 0.3) is 0 Å². The molecular weight excluding hydrogens is 546 g/mol. The van der Waals surface area contributed by atoms with Crippen LogP contribution < -0.4 is 11.1 Å². The quantitative estimate of drug-likeness (QED) is 0.269. The summed E-state index contributed by atoms with van der Waals surface area (Å²) in [5.41, 5.74) is 14.6. The molecule has 2 fully saturated rings. The van der Waals surface area contributed by atoms with Crippen molar-refractivity contribution in [2.24, 2.45) is 5.92 Å². The molecular formula is C36H39N7O. The van der Waals surface area contributed by atoms with Crippen molar-refractivity contribution in [1.82, 2.24) is 29.7 Å². The summed E-state index contributed by atoms with van der Waals surface area (Å²) in [6.45, 7) is 1.92. The smallest absolute Gasteiger partial charge is 0.225 e. The summed E-state index contributed by atoms with van der Waals surface area (Å²) < 4.78 is 2.12. The number of nitrogens with two attached hydrogens (primary N) is 1. The van der Waals surface area contributed by atoms with Gasteiger partial charge in [0.2, 0.25) is 5.91 Å². The number of rotatable bonds is 5. The molecule has 0 atom stereocenters. The van der Waals surface area contributed by atoms with Gasteiger partial charge in [-0.25, -0.2) is 15.0 Å². The van der Waals surface area contributed by atoms with E-state index in [2.05, 4.69) is 45.2 Å². The molecule has 0 spiro atoms. The minimum atomic E-state index is 0.395. The van der Waals surface area contributed by atoms with Gasteiger partial charge in [-0.1, -0.05) is 36.4 Å². The third kappa shape index (κ3) is 5.69. The van der Waals surface area contributed by atoms with Gasteiger partial charge in [-0.05, 0) is 99.5 Å². The van der Waals surface area contributed by atoms with Gasteiger partial charge in [-0.15, -0.1) is 0 Å². The molecule has 1 amide bonds. The van der Waals surface area contributed by atoms with Crippen LogP contribution in [0.2, 0.25) is 0 Å². The Morgan fingerprint density at radius 3 is 2.43 bits per heavy atom. The van der Waals surface area contributed by atoms with Crippen LogP contribution in [0.15, 0.2) is 79.0 Å².